The Morgan fingerprint density at radius 2 is 1.84 bits per heavy atom. The van der Waals surface area contributed by atoms with Crippen molar-refractivity contribution >= 4 is 21.6 Å². The lowest BCUT2D eigenvalue weighted by atomic mass is 10.2. The number of hydrogen-bond acceptors (Lipinski definition) is 6. The topological polar surface area (TPSA) is 88.5 Å². The number of alkyl halides is 3. The molecular weight excluding hydrogens is 439 g/mol. The van der Waals surface area contributed by atoms with E-state index in [1.807, 2.05) is 0 Å². The molecule has 1 unspecified atom stereocenters. The number of oxime groups is 1. The number of nitrogens with zero attached hydrogens (tertiary/aromatic N) is 3. The van der Waals surface area contributed by atoms with E-state index >= 15 is 0 Å². The van der Waals surface area contributed by atoms with Gasteiger partial charge in [-0.05, 0) is 45.0 Å². The summed E-state index contributed by atoms with van der Waals surface area (Å²) in [4.78, 5) is 18.8. The van der Waals surface area contributed by atoms with Crippen molar-refractivity contribution in [2.75, 3.05) is 19.6 Å². The molecule has 0 spiro atoms. The fourth-order valence-electron chi connectivity index (χ4n) is 2.94. The molecule has 0 aliphatic carbocycles. The summed E-state index contributed by atoms with van der Waals surface area (Å²) in [5.74, 6) is -0.610. The van der Waals surface area contributed by atoms with Crippen LogP contribution in [0.1, 0.15) is 27.2 Å². The summed E-state index contributed by atoms with van der Waals surface area (Å²) in [7, 11) is -3.96. The molecular formula is C19H24F3N3O5S. The Morgan fingerprint density at radius 3 is 2.35 bits per heavy atom. The van der Waals surface area contributed by atoms with E-state index in [1.54, 1.807) is 20.8 Å². The molecule has 1 aliphatic heterocycles. The Kier molecular flexibility index (Phi) is 7.71. The Morgan fingerprint density at radius 1 is 1.23 bits per heavy atom. The van der Waals surface area contributed by atoms with Crippen molar-refractivity contribution in [3.63, 3.8) is 0 Å². The van der Waals surface area contributed by atoms with Gasteiger partial charge in [0.25, 0.3) is 0 Å². The smallest absolute Gasteiger partial charge is 0.406 e. The number of ether oxygens (including phenoxy) is 1. The minimum absolute atomic E-state index is 0.0373. The molecule has 1 aliphatic rings. The second-order valence-corrected chi connectivity index (χ2v) is 9.06. The predicted octanol–water partition coefficient (Wildman–Crippen LogP) is 3.12. The molecule has 2 rings (SSSR count). The van der Waals surface area contributed by atoms with Gasteiger partial charge in [0.05, 0.1) is 17.0 Å². The zero-order chi connectivity index (χ0) is 23.4. The van der Waals surface area contributed by atoms with Crippen LogP contribution in [-0.2, 0) is 19.7 Å². The van der Waals surface area contributed by atoms with Crippen LogP contribution in [0.15, 0.2) is 46.7 Å². The van der Waals surface area contributed by atoms with E-state index in [2.05, 4.69) is 16.5 Å². The Balaban J connectivity index is 2.02. The van der Waals surface area contributed by atoms with Gasteiger partial charge in [0.2, 0.25) is 15.9 Å². The molecule has 1 fully saturated rings. The van der Waals surface area contributed by atoms with Crippen LogP contribution in [0.5, 0.6) is 5.75 Å². The first-order valence-corrected chi connectivity index (χ1v) is 10.7. The number of carbonyl (C=O) groups excluding carboxylic acids is 1. The van der Waals surface area contributed by atoms with Crippen molar-refractivity contribution < 1.29 is 36.0 Å². The lowest BCUT2D eigenvalue weighted by molar-refractivity contribution is -0.274. The highest BCUT2D eigenvalue weighted by atomic mass is 32.2. The van der Waals surface area contributed by atoms with Crippen LogP contribution in [0.2, 0.25) is 0 Å². The maximum atomic E-state index is 12.9. The summed E-state index contributed by atoms with van der Waals surface area (Å²) < 4.78 is 67.6. The maximum absolute atomic E-state index is 12.9. The van der Waals surface area contributed by atoms with Gasteiger partial charge in [0, 0.05) is 25.7 Å². The number of benzene rings is 1. The standard InChI is InChI=1S/C19H24F3N3O5S/c1-13(2)23-30-15(4)11-18(26)24-9-10-25(14(3)12-24)31(27,28)17-7-5-16(6-8-17)29-19(20,21)22/h5-8,14H,4,9-12H2,1-3H3. The highest BCUT2D eigenvalue weighted by Gasteiger charge is 2.36. The largest absolute Gasteiger partial charge is 0.573 e. The van der Waals surface area contributed by atoms with Gasteiger partial charge in [-0.3, -0.25) is 4.79 Å². The third-order valence-electron chi connectivity index (χ3n) is 4.29. The van der Waals surface area contributed by atoms with E-state index < -0.39 is 28.2 Å². The molecule has 0 N–H and O–H groups in total. The quantitative estimate of drug-likeness (QED) is 0.352. The highest BCUT2D eigenvalue weighted by molar-refractivity contribution is 7.89. The third-order valence-corrected chi connectivity index (χ3v) is 6.32. The minimum Gasteiger partial charge on any atom is -0.406 e. The molecule has 0 saturated carbocycles. The van der Waals surface area contributed by atoms with E-state index in [-0.39, 0.29) is 42.6 Å². The first kappa shape index (κ1) is 24.7. The Labute approximate surface area is 178 Å². The molecule has 0 aromatic heterocycles. The molecule has 1 atom stereocenters. The molecule has 1 amide bonds. The molecule has 1 aromatic carbocycles. The van der Waals surface area contributed by atoms with Gasteiger partial charge in [-0.1, -0.05) is 11.7 Å². The monoisotopic (exact) mass is 463 g/mol. The van der Waals surface area contributed by atoms with E-state index in [0.717, 1.165) is 24.3 Å². The van der Waals surface area contributed by atoms with Gasteiger partial charge in [-0.15, -0.1) is 13.2 Å². The fourth-order valence-corrected chi connectivity index (χ4v) is 4.56. The SMILES string of the molecule is C=C(CC(=O)N1CCN(S(=O)(=O)c2ccc(OC(F)(F)F)cc2)C(C)C1)ON=C(C)C. The summed E-state index contributed by atoms with van der Waals surface area (Å²) in [6.07, 6.45) is -4.95. The average molecular weight is 463 g/mol. The second kappa shape index (κ2) is 9.69. The molecule has 1 saturated heterocycles. The first-order valence-electron chi connectivity index (χ1n) is 9.31. The van der Waals surface area contributed by atoms with Gasteiger partial charge < -0.3 is 14.5 Å². The zero-order valence-corrected chi connectivity index (χ0v) is 18.2. The summed E-state index contributed by atoms with van der Waals surface area (Å²) in [6.45, 7) is 9.09. The van der Waals surface area contributed by atoms with E-state index in [9.17, 15) is 26.4 Å². The second-order valence-electron chi connectivity index (χ2n) is 7.17. The predicted molar refractivity (Wildman–Crippen MR) is 107 cm³/mol. The van der Waals surface area contributed by atoms with Crippen LogP contribution in [0.3, 0.4) is 0 Å². The summed E-state index contributed by atoms with van der Waals surface area (Å²) >= 11 is 0. The maximum Gasteiger partial charge on any atom is 0.573 e. The molecule has 1 heterocycles. The average Bonchev–Trinajstić information content (AvgIpc) is 2.65. The Hall–Kier alpha value is -2.60. The van der Waals surface area contributed by atoms with Crippen molar-refractivity contribution in [3.8, 4) is 5.75 Å². The normalized spacial score (nSPS) is 17.7. The lowest BCUT2D eigenvalue weighted by Gasteiger charge is -2.39. The summed E-state index contributed by atoms with van der Waals surface area (Å²) in [5, 5.41) is 3.73. The van der Waals surface area contributed by atoms with E-state index in [4.69, 9.17) is 4.84 Å². The summed E-state index contributed by atoms with van der Waals surface area (Å²) in [5.41, 5.74) is 0.666. The van der Waals surface area contributed by atoms with Gasteiger partial charge in [-0.2, -0.15) is 4.31 Å². The Bertz CT molecular complexity index is 942. The number of sulfonamides is 1. The number of halogens is 3. The molecule has 31 heavy (non-hydrogen) atoms. The molecule has 0 bridgehead atoms. The highest BCUT2D eigenvalue weighted by Crippen LogP contribution is 2.27. The third kappa shape index (κ3) is 6.96. The van der Waals surface area contributed by atoms with Crippen LogP contribution < -0.4 is 4.74 Å². The molecule has 0 radical (unpaired) electrons. The van der Waals surface area contributed by atoms with Gasteiger partial charge >= 0.3 is 6.36 Å². The van der Waals surface area contributed by atoms with Crippen LogP contribution in [0.4, 0.5) is 13.2 Å². The summed E-state index contributed by atoms with van der Waals surface area (Å²) in [6, 6.07) is 3.45. The van der Waals surface area contributed by atoms with Crippen LogP contribution in [-0.4, -0.2) is 61.3 Å². The van der Waals surface area contributed by atoms with E-state index in [1.165, 1.54) is 9.21 Å². The van der Waals surface area contributed by atoms with Gasteiger partial charge in [0.1, 0.15) is 11.5 Å². The first-order chi connectivity index (χ1) is 14.3. The van der Waals surface area contributed by atoms with Crippen LogP contribution in [0.25, 0.3) is 0 Å². The van der Waals surface area contributed by atoms with Crippen molar-refractivity contribution in [3.05, 3.63) is 36.6 Å². The zero-order valence-electron chi connectivity index (χ0n) is 17.3. The fraction of sp³-hybridized carbons (Fsp3) is 0.474. The number of hydrogen-bond donors (Lipinski definition) is 0. The van der Waals surface area contributed by atoms with Crippen molar-refractivity contribution in [2.45, 2.75) is 44.5 Å². The molecule has 1 aromatic rings. The molecule has 8 nitrogen and oxygen atoms in total. The van der Waals surface area contributed by atoms with E-state index in [0.29, 0.717) is 5.71 Å². The minimum atomic E-state index is -4.87. The molecule has 172 valence electrons. The van der Waals surface area contributed by atoms with Crippen LogP contribution >= 0.6 is 0 Å². The number of amides is 1. The number of carbonyl (C=O) groups is 1. The van der Waals surface area contributed by atoms with Gasteiger partial charge in [0.15, 0.2) is 0 Å². The van der Waals surface area contributed by atoms with Crippen molar-refractivity contribution in [2.24, 2.45) is 5.16 Å². The molecule has 12 heteroatoms. The van der Waals surface area contributed by atoms with Crippen molar-refractivity contribution in [1.29, 1.82) is 0 Å². The lowest BCUT2D eigenvalue weighted by Crippen LogP contribution is -2.55. The van der Waals surface area contributed by atoms with Gasteiger partial charge in [-0.25, -0.2) is 8.42 Å². The van der Waals surface area contributed by atoms with Crippen molar-refractivity contribution in [1.82, 2.24) is 9.21 Å². The van der Waals surface area contributed by atoms with Crippen LogP contribution in [0, 0.1) is 0 Å². The number of rotatable bonds is 7. The number of piperazine rings is 1.